The minimum absolute atomic E-state index is 0.0110. The lowest BCUT2D eigenvalue weighted by molar-refractivity contribution is 0.335. The number of hydrogen-bond acceptors (Lipinski definition) is 4. The fraction of sp³-hybridized carbons (Fsp3) is 0.273. The third-order valence-electron chi connectivity index (χ3n) is 4.75. The number of thiazole rings is 1. The summed E-state index contributed by atoms with van der Waals surface area (Å²) in [6.45, 7) is 9.00. The Labute approximate surface area is 161 Å². The highest BCUT2D eigenvalue weighted by Gasteiger charge is 2.13. The maximum atomic E-state index is 13.0. The number of hydrogen-bond donors (Lipinski definition) is 0. The molecule has 2 aromatic carbocycles. The zero-order chi connectivity index (χ0) is 19.1. The predicted octanol–water partition coefficient (Wildman–Crippen LogP) is 4.29. The van der Waals surface area contributed by atoms with Gasteiger partial charge >= 0.3 is 0 Å². The smallest absolute Gasteiger partial charge is 0.274 e. The average Bonchev–Trinajstić information content (AvgIpc) is 3.14. The first kappa shape index (κ1) is 17.7. The van der Waals surface area contributed by atoms with E-state index in [0.29, 0.717) is 17.1 Å². The Balaban J connectivity index is 1.92. The van der Waals surface area contributed by atoms with E-state index in [0.717, 1.165) is 38.4 Å². The molecular weight excluding hydrogens is 356 g/mol. The van der Waals surface area contributed by atoms with Crippen LogP contribution in [0.4, 0.5) is 0 Å². The SMILES string of the molecule is CCOc1cc(C)c(/C=c2\sc3nc4ccccc4n3c2=O)cc1C(C)C. The number of aryl methyl sites for hydroxylation is 1. The van der Waals surface area contributed by atoms with Gasteiger partial charge in [0.05, 0.1) is 22.2 Å². The summed E-state index contributed by atoms with van der Waals surface area (Å²) in [4.78, 5) is 18.3. The molecule has 5 heteroatoms. The van der Waals surface area contributed by atoms with Crippen LogP contribution in [0, 0.1) is 6.92 Å². The van der Waals surface area contributed by atoms with Gasteiger partial charge in [0.15, 0.2) is 4.96 Å². The molecule has 0 spiro atoms. The topological polar surface area (TPSA) is 43.6 Å². The van der Waals surface area contributed by atoms with Gasteiger partial charge in [0.1, 0.15) is 5.75 Å². The summed E-state index contributed by atoms with van der Waals surface area (Å²) < 4.78 is 8.21. The zero-order valence-electron chi connectivity index (χ0n) is 15.9. The minimum Gasteiger partial charge on any atom is -0.494 e. The Morgan fingerprint density at radius 1 is 1.26 bits per heavy atom. The van der Waals surface area contributed by atoms with Gasteiger partial charge in [-0.1, -0.05) is 37.3 Å². The normalized spacial score (nSPS) is 12.6. The third-order valence-corrected chi connectivity index (χ3v) is 5.72. The minimum atomic E-state index is -0.0110. The Morgan fingerprint density at radius 2 is 2.04 bits per heavy atom. The number of para-hydroxylation sites is 2. The summed E-state index contributed by atoms with van der Waals surface area (Å²) in [6.07, 6.45) is 1.98. The van der Waals surface area contributed by atoms with Crippen molar-refractivity contribution in [1.29, 1.82) is 0 Å². The van der Waals surface area contributed by atoms with Crippen molar-refractivity contribution in [3.8, 4) is 5.75 Å². The van der Waals surface area contributed by atoms with E-state index < -0.39 is 0 Å². The second-order valence-corrected chi connectivity index (χ2v) is 7.98. The van der Waals surface area contributed by atoms with E-state index in [-0.39, 0.29) is 5.56 Å². The molecule has 2 heterocycles. The molecule has 0 amide bonds. The maximum absolute atomic E-state index is 13.0. The van der Waals surface area contributed by atoms with E-state index in [9.17, 15) is 4.79 Å². The third kappa shape index (κ3) is 3.02. The van der Waals surface area contributed by atoms with Crippen LogP contribution in [0.1, 0.15) is 43.4 Å². The summed E-state index contributed by atoms with van der Waals surface area (Å²) >= 11 is 1.43. The molecule has 0 saturated heterocycles. The zero-order valence-corrected chi connectivity index (χ0v) is 16.8. The highest BCUT2D eigenvalue weighted by molar-refractivity contribution is 7.15. The van der Waals surface area contributed by atoms with Crippen molar-refractivity contribution < 1.29 is 4.74 Å². The molecule has 0 aliphatic carbocycles. The van der Waals surface area contributed by atoms with Gasteiger partial charge in [-0.15, -0.1) is 0 Å². The predicted molar refractivity (Wildman–Crippen MR) is 112 cm³/mol. The van der Waals surface area contributed by atoms with Crippen molar-refractivity contribution in [2.45, 2.75) is 33.6 Å². The van der Waals surface area contributed by atoms with Gasteiger partial charge in [-0.05, 0) is 66.8 Å². The first-order valence-corrected chi connectivity index (χ1v) is 10.00. The van der Waals surface area contributed by atoms with E-state index in [1.807, 2.05) is 37.3 Å². The monoisotopic (exact) mass is 378 g/mol. The average molecular weight is 378 g/mol. The van der Waals surface area contributed by atoms with E-state index in [1.54, 1.807) is 4.40 Å². The quantitative estimate of drug-likeness (QED) is 0.532. The molecule has 4 aromatic rings. The van der Waals surface area contributed by atoms with Gasteiger partial charge in [0, 0.05) is 0 Å². The molecule has 0 aliphatic heterocycles. The molecule has 0 N–H and O–H groups in total. The molecule has 0 saturated carbocycles. The van der Waals surface area contributed by atoms with Crippen molar-refractivity contribution in [2.24, 2.45) is 0 Å². The van der Waals surface area contributed by atoms with Gasteiger partial charge in [-0.3, -0.25) is 4.79 Å². The number of ether oxygens (including phenoxy) is 1. The standard InChI is InChI=1S/C22H22N2O2S/c1-5-26-19-10-14(4)15(11-16(19)13(2)3)12-20-21(25)24-18-9-7-6-8-17(18)23-22(24)27-20/h6-13H,5H2,1-4H3/b20-12-. The number of nitrogens with zero attached hydrogens (tertiary/aromatic N) is 2. The van der Waals surface area contributed by atoms with E-state index in [4.69, 9.17) is 4.74 Å². The van der Waals surface area contributed by atoms with Gasteiger partial charge in [-0.25, -0.2) is 9.38 Å². The van der Waals surface area contributed by atoms with Gasteiger partial charge < -0.3 is 4.74 Å². The Kier molecular flexibility index (Phi) is 4.48. The van der Waals surface area contributed by atoms with Crippen LogP contribution in [0.3, 0.4) is 0 Å². The molecule has 4 nitrogen and oxygen atoms in total. The number of imidazole rings is 1. The van der Waals surface area contributed by atoms with Crippen LogP contribution in [0.25, 0.3) is 22.1 Å². The summed E-state index contributed by atoms with van der Waals surface area (Å²) in [7, 11) is 0. The van der Waals surface area contributed by atoms with Gasteiger partial charge in [0.25, 0.3) is 5.56 Å². The van der Waals surface area contributed by atoms with Crippen molar-refractivity contribution in [3.05, 3.63) is 68.0 Å². The Morgan fingerprint density at radius 3 is 2.78 bits per heavy atom. The van der Waals surface area contributed by atoms with Crippen molar-refractivity contribution in [1.82, 2.24) is 9.38 Å². The molecule has 0 bridgehead atoms. The summed E-state index contributed by atoms with van der Waals surface area (Å²) in [5.41, 5.74) is 5.01. The highest BCUT2D eigenvalue weighted by Crippen LogP contribution is 2.30. The molecule has 0 radical (unpaired) electrons. The lowest BCUT2D eigenvalue weighted by atomic mass is 9.96. The van der Waals surface area contributed by atoms with Crippen LogP contribution in [-0.4, -0.2) is 16.0 Å². The summed E-state index contributed by atoms with van der Waals surface area (Å²) in [6, 6.07) is 12.0. The van der Waals surface area contributed by atoms with Crippen LogP contribution >= 0.6 is 11.3 Å². The first-order chi connectivity index (χ1) is 13.0. The van der Waals surface area contributed by atoms with Crippen LogP contribution < -0.4 is 14.8 Å². The van der Waals surface area contributed by atoms with Crippen LogP contribution in [0.2, 0.25) is 0 Å². The molecular formula is C22H22N2O2S. The molecule has 2 aromatic heterocycles. The summed E-state index contributed by atoms with van der Waals surface area (Å²) in [5.74, 6) is 1.27. The first-order valence-electron chi connectivity index (χ1n) is 9.18. The largest absolute Gasteiger partial charge is 0.494 e. The number of aromatic nitrogens is 2. The van der Waals surface area contributed by atoms with Gasteiger partial charge in [-0.2, -0.15) is 0 Å². The van der Waals surface area contributed by atoms with Crippen LogP contribution in [-0.2, 0) is 0 Å². The van der Waals surface area contributed by atoms with Crippen LogP contribution in [0.5, 0.6) is 5.75 Å². The highest BCUT2D eigenvalue weighted by atomic mass is 32.1. The van der Waals surface area contributed by atoms with E-state index >= 15 is 0 Å². The lowest BCUT2D eigenvalue weighted by Crippen LogP contribution is -2.22. The molecule has 0 unspecified atom stereocenters. The van der Waals surface area contributed by atoms with E-state index in [2.05, 4.69) is 37.9 Å². The number of rotatable bonds is 4. The molecule has 27 heavy (non-hydrogen) atoms. The molecule has 0 atom stereocenters. The second kappa shape index (κ2) is 6.82. The fourth-order valence-electron chi connectivity index (χ4n) is 3.36. The number of fused-ring (bicyclic) bond motifs is 3. The molecule has 0 fully saturated rings. The van der Waals surface area contributed by atoms with Crippen LogP contribution in [0.15, 0.2) is 41.2 Å². The Hall–Kier alpha value is -2.66. The van der Waals surface area contributed by atoms with Crippen molar-refractivity contribution in [3.63, 3.8) is 0 Å². The molecule has 138 valence electrons. The second-order valence-electron chi connectivity index (χ2n) is 6.97. The van der Waals surface area contributed by atoms with E-state index in [1.165, 1.54) is 11.3 Å². The van der Waals surface area contributed by atoms with Crippen molar-refractivity contribution in [2.75, 3.05) is 6.61 Å². The number of benzene rings is 2. The molecule has 4 rings (SSSR count). The Bertz CT molecular complexity index is 1250. The lowest BCUT2D eigenvalue weighted by Gasteiger charge is -2.15. The van der Waals surface area contributed by atoms with Gasteiger partial charge in [0.2, 0.25) is 0 Å². The maximum Gasteiger partial charge on any atom is 0.274 e. The molecule has 0 aliphatic rings. The fourth-order valence-corrected chi connectivity index (χ4v) is 4.33. The summed E-state index contributed by atoms with van der Waals surface area (Å²) in [5, 5.41) is 0. The van der Waals surface area contributed by atoms with Crippen molar-refractivity contribution >= 4 is 33.4 Å².